The van der Waals surface area contributed by atoms with Crippen molar-refractivity contribution >= 4 is 11.8 Å². The van der Waals surface area contributed by atoms with Crippen LogP contribution in [0, 0.1) is 5.82 Å². The Bertz CT molecular complexity index is 1000. The fourth-order valence-electron chi connectivity index (χ4n) is 2.64. The van der Waals surface area contributed by atoms with E-state index in [1.807, 2.05) is 0 Å². The number of carbonyl (C=O) groups is 2. The van der Waals surface area contributed by atoms with Crippen LogP contribution in [0.1, 0.15) is 20.7 Å². The predicted octanol–water partition coefficient (Wildman–Crippen LogP) is 3.87. The van der Waals surface area contributed by atoms with Gasteiger partial charge in [-0.15, -0.1) is 0 Å². The molecule has 3 rings (SSSR count). The smallest absolute Gasteiger partial charge is 0.253 e. The fourth-order valence-corrected chi connectivity index (χ4v) is 2.64. The number of primary amides is 1. The molecular weight excluding hydrogens is 387 g/mol. The summed E-state index contributed by atoms with van der Waals surface area (Å²) in [4.78, 5) is 25.2. The Balaban J connectivity index is 1.52. The SMILES string of the molecule is CN(CCOc1ccc(F)cc1)C(=O)c1ccc(Oc2ccc(C(N)=O)cc2)cc1. The maximum atomic E-state index is 12.9. The van der Waals surface area contributed by atoms with E-state index in [0.29, 0.717) is 34.9 Å². The molecule has 0 spiro atoms. The van der Waals surface area contributed by atoms with Crippen LogP contribution in [0.5, 0.6) is 17.2 Å². The van der Waals surface area contributed by atoms with Crippen LogP contribution in [0.4, 0.5) is 4.39 Å². The van der Waals surface area contributed by atoms with Crippen LogP contribution in [0.2, 0.25) is 0 Å². The van der Waals surface area contributed by atoms with Crippen molar-refractivity contribution in [2.75, 3.05) is 20.2 Å². The van der Waals surface area contributed by atoms with Crippen LogP contribution >= 0.6 is 0 Å². The normalized spacial score (nSPS) is 10.3. The van der Waals surface area contributed by atoms with Crippen LogP contribution in [0.15, 0.2) is 72.8 Å². The number of halogens is 1. The summed E-state index contributed by atoms with van der Waals surface area (Å²) in [5, 5.41) is 0. The van der Waals surface area contributed by atoms with Gasteiger partial charge in [0, 0.05) is 18.2 Å². The van der Waals surface area contributed by atoms with Crippen molar-refractivity contribution in [3.8, 4) is 17.2 Å². The van der Waals surface area contributed by atoms with E-state index in [-0.39, 0.29) is 18.3 Å². The number of amides is 2. The lowest BCUT2D eigenvalue weighted by Gasteiger charge is -2.18. The monoisotopic (exact) mass is 408 g/mol. The molecule has 7 heteroatoms. The van der Waals surface area contributed by atoms with Crippen molar-refractivity contribution in [2.45, 2.75) is 0 Å². The van der Waals surface area contributed by atoms with Gasteiger partial charge in [0.25, 0.3) is 5.91 Å². The third kappa shape index (κ3) is 5.57. The van der Waals surface area contributed by atoms with Gasteiger partial charge in [-0.2, -0.15) is 0 Å². The zero-order valence-electron chi connectivity index (χ0n) is 16.4. The standard InChI is InChI=1S/C23H21FN2O4/c1-26(14-15-29-19-12-6-18(24)7-13-19)23(28)17-4-10-21(11-5-17)30-20-8-2-16(3-9-20)22(25)27/h2-13H,14-15H2,1H3,(H2,25,27). The van der Waals surface area contributed by atoms with Gasteiger partial charge in [-0.05, 0) is 72.8 Å². The summed E-state index contributed by atoms with van der Waals surface area (Å²) >= 11 is 0. The topological polar surface area (TPSA) is 81.9 Å². The van der Waals surface area contributed by atoms with Gasteiger partial charge >= 0.3 is 0 Å². The first kappa shape index (κ1) is 20.9. The Kier molecular flexibility index (Phi) is 6.64. The summed E-state index contributed by atoms with van der Waals surface area (Å²) in [6.45, 7) is 0.664. The molecule has 0 unspecified atom stereocenters. The minimum absolute atomic E-state index is 0.157. The summed E-state index contributed by atoms with van der Waals surface area (Å²) in [5.41, 5.74) is 6.12. The molecule has 0 bridgehead atoms. The molecule has 30 heavy (non-hydrogen) atoms. The van der Waals surface area contributed by atoms with Crippen molar-refractivity contribution in [2.24, 2.45) is 5.73 Å². The van der Waals surface area contributed by atoms with E-state index in [0.717, 1.165) is 0 Å². The Morgan fingerprint density at radius 1 is 0.833 bits per heavy atom. The fraction of sp³-hybridized carbons (Fsp3) is 0.130. The van der Waals surface area contributed by atoms with Crippen LogP contribution in [0.25, 0.3) is 0 Å². The number of benzene rings is 3. The Hall–Kier alpha value is -3.87. The molecule has 0 radical (unpaired) electrons. The van der Waals surface area contributed by atoms with Crippen LogP contribution in [0.3, 0.4) is 0 Å². The highest BCUT2D eigenvalue weighted by Gasteiger charge is 2.12. The molecule has 6 nitrogen and oxygen atoms in total. The molecule has 154 valence electrons. The van der Waals surface area contributed by atoms with Gasteiger partial charge in [0.1, 0.15) is 29.7 Å². The second-order valence-electron chi connectivity index (χ2n) is 6.54. The first-order chi connectivity index (χ1) is 14.4. The van der Waals surface area contributed by atoms with Gasteiger partial charge < -0.3 is 20.1 Å². The number of likely N-dealkylation sites (N-methyl/N-ethyl adjacent to an activating group) is 1. The third-order valence-electron chi connectivity index (χ3n) is 4.33. The number of rotatable bonds is 8. The molecule has 3 aromatic rings. The molecule has 0 heterocycles. The number of hydrogen-bond acceptors (Lipinski definition) is 4. The number of hydrogen-bond donors (Lipinski definition) is 1. The average molecular weight is 408 g/mol. The highest BCUT2D eigenvalue weighted by Crippen LogP contribution is 2.22. The number of nitrogens with zero attached hydrogens (tertiary/aromatic N) is 1. The lowest BCUT2D eigenvalue weighted by Crippen LogP contribution is -2.30. The first-order valence-corrected chi connectivity index (χ1v) is 9.24. The Morgan fingerprint density at radius 3 is 1.87 bits per heavy atom. The molecule has 0 aromatic heterocycles. The quantitative estimate of drug-likeness (QED) is 0.614. The third-order valence-corrected chi connectivity index (χ3v) is 4.33. The molecular formula is C23H21FN2O4. The second-order valence-corrected chi connectivity index (χ2v) is 6.54. The van der Waals surface area contributed by atoms with Crippen molar-refractivity contribution in [1.82, 2.24) is 4.90 Å². The number of ether oxygens (including phenoxy) is 2. The van der Waals surface area contributed by atoms with Crippen LogP contribution in [-0.4, -0.2) is 36.9 Å². The highest BCUT2D eigenvalue weighted by molar-refractivity contribution is 5.94. The zero-order valence-corrected chi connectivity index (χ0v) is 16.4. The minimum Gasteiger partial charge on any atom is -0.492 e. The van der Waals surface area contributed by atoms with Crippen molar-refractivity contribution < 1.29 is 23.5 Å². The lowest BCUT2D eigenvalue weighted by molar-refractivity contribution is 0.0773. The maximum Gasteiger partial charge on any atom is 0.253 e. The largest absolute Gasteiger partial charge is 0.492 e. The Labute approximate surface area is 173 Å². The van der Waals surface area contributed by atoms with Crippen LogP contribution in [-0.2, 0) is 0 Å². The van der Waals surface area contributed by atoms with Gasteiger partial charge in [-0.1, -0.05) is 0 Å². The van der Waals surface area contributed by atoms with E-state index in [2.05, 4.69) is 0 Å². The molecule has 0 atom stereocenters. The van der Waals surface area contributed by atoms with Crippen molar-refractivity contribution in [3.05, 3.63) is 89.7 Å². The molecule has 0 saturated carbocycles. The molecule has 3 aromatic carbocycles. The molecule has 0 aliphatic heterocycles. The summed E-state index contributed by atoms with van der Waals surface area (Å²) in [6.07, 6.45) is 0. The maximum absolute atomic E-state index is 12.9. The van der Waals surface area contributed by atoms with Gasteiger partial charge in [-0.25, -0.2) is 4.39 Å². The Morgan fingerprint density at radius 2 is 1.33 bits per heavy atom. The average Bonchev–Trinajstić information content (AvgIpc) is 2.75. The highest BCUT2D eigenvalue weighted by atomic mass is 19.1. The first-order valence-electron chi connectivity index (χ1n) is 9.24. The molecule has 0 fully saturated rings. The number of nitrogens with two attached hydrogens (primary N) is 1. The van der Waals surface area contributed by atoms with E-state index < -0.39 is 5.91 Å². The van der Waals surface area contributed by atoms with E-state index >= 15 is 0 Å². The van der Waals surface area contributed by atoms with Gasteiger partial charge in [0.15, 0.2) is 0 Å². The van der Waals surface area contributed by atoms with Gasteiger partial charge in [-0.3, -0.25) is 9.59 Å². The molecule has 2 N–H and O–H groups in total. The van der Waals surface area contributed by atoms with Crippen molar-refractivity contribution in [1.29, 1.82) is 0 Å². The van der Waals surface area contributed by atoms with E-state index in [1.165, 1.54) is 24.3 Å². The summed E-state index contributed by atoms with van der Waals surface area (Å²) in [6, 6.07) is 18.9. The number of carbonyl (C=O) groups excluding carboxylic acids is 2. The van der Waals surface area contributed by atoms with Gasteiger partial charge in [0.2, 0.25) is 5.91 Å². The predicted molar refractivity (Wildman–Crippen MR) is 110 cm³/mol. The zero-order chi connectivity index (χ0) is 21.5. The summed E-state index contributed by atoms with van der Waals surface area (Å²) in [7, 11) is 1.68. The van der Waals surface area contributed by atoms with E-state index in [1.54, 1.807) is 60.5 Å². The van der Waals surface area contributed by atoms with Crippen LogP contribution < -0.4 is 15.2 Å². The molecule has 2 amide bonds. The molecule has 0 saturated heterocycles. The second kappa shape index (κ2) is 9.56. The summed E-state index contributed by atoms with van der Waals surface area (Å²) < 4.78 is 24.1. The van der Waals surface area contributed by atoms with Gasteiger partial charge in [0.05, 0.1) is 6.54 Å². The summed E-state index contributed by atoms with van der Waals surface area (Å²) in [5.74, 6) is 0.661. The minimum atomic E-state index is -0.503. The van der Waals surface area contributed by atoms with E-state index in [9.17, 15) is 14.0 Å². The molecule has 0 aliphatic rings. The lowest BCUT2D eigenvalue weighted by atomic mass is 10.2. The van der Waals surface area contributed by atoms with Crippen molar-refractivity contribution in [3.63, 3.8) is 0 Å². The molecule has 0 aliphatic carbocycles. The van der Waals surface area contributed by atoms with E-state index in [4.69, 9.17) is 15.2 Å².